The molecular weight excluding hydrogens is 368 g/mol. The van der Waals surface area contributed by atoms with Gasteiger partial charge < -0.3 is 15.4 Å². The van der Waals surface area contributed by atoms with Crippen LogP contribution in [0.3, 0.4) is 0 Å². The first-order valence-corrected chi connectivity index (χ1v) is 8.91. The maximum atomic E-state index is 12.6. The van der Waals surface area contributed by atoms with Crippen molar-refractivity contribution in [3.8, 4) is 11.8 Å². The molecule has 29 heavy (non-hydrogen) atoms. The van der Waals surface area contributed by atoms with Crippen LogP contribution >= 0.6 is 0 Å². The lowest BCUT2D eigenvalue weighted by Gasteiger charge is -2.11. The Morgan fingerprint density at radius 2 is 1.79 bits per heavy atom. The van der Waals surface area contributed by atoms with E-state index in [1.165, 1.54) is 18.3 Å². The summed E-state index contributed by atoms with van der Waals surface area (Å²) < 4.78 is 5.51. The lowest BCUT2D eigenvalue weighted by Crippen LogP contribution is -2.17. The number of rotatable bonds is 6. The summed E-state index contributed by atoms with van der Waals surface area (Å²) in [5, 5.41) is 14.3. The van der Waals surface area contributed by atoms with E-state index in [-0.39, 0.29) is 17.2 Å². The lowest BCUT2D eigenvalue weighted by atomic mass is 10.2. The third-order valence-electron chi connectivity index (χ3n) is 3.96. The summed E-state index contributed by atoms with van der Waals surface area (Å²) in [7, 11) is 0. The van der Waals surface area contributed by atoms with E-state index < -0.39 is 5.91 Å². The van der Waals surface area contributed by atoms with Gasteiger partial charge in [-0.2, -0.15) is 5.26 Å². The molecule has 7 heteroatoms. The van der Waals surface area contributed by atoms with E-state index in [1.807, 2.05) is 19.1 Å². The predicted molar refractivity (Wildman–Crippen MR) is 109 cm³/mol. The Labute approximate surface area is 168 Å². The van der Waals surface area contributed by atoms with Gasteiger partial charge in [-0.25, -0.2) is 0 Å². The Hall–Kier alpha value is -4.18. The number of para-hydroxylation sites is 2. The molecule has 0 saturated heterocycles. The molecule has 0 saturated carbocycles. The van der Waals surface area contributed by atoms with Crippen LogP contribution in [0.25, 0.3) is 0 Å². The van der Waals surface area contributed by atoms with Crippen LogP contribution in [0, 0.1) is 11.3 Å². The number of benzene rings is 2. The highest BCUT2D eigenvalue weighted by molar-refractivity contribution is 6.08. The monoisotopic (exact) mass is 386 g/mol. The minimum atomic E-state index is -0.459. The van der Waals surface area contributed by atoms with E-state index in [0.717, 1.165) is 0 Å². The summed E-state index contributed by atoms with van der Waals surface area (Å²) in [6.45, 7) is 2.34. The highest BCUT2D eigenvalue weighted by atomic mass is 16.5. The number of carbonyl (C=O) groups excluding carboxylic acids is 2. The fourth-order valence-corrected chi connectivity index (χ4v) is 2.56. The maximum absolute atomic E-state index is 12.6. The summed E-state index contributed by atoms with van der Waals surface area (Å²) >= 11 is 0. The summed E-state index contributed by atoms with van der Waals surface area (Å²) in [6.07, 6.45) is 1.40. The zero-order chi connectivity index (χ0) is 20.6. The number of hydrogen-bond acceptors (Lipinski definition) is 5. The average Bonchev–Trinajstić information content (AvgIpc) is 2.76. The van der Waals surface area contributed by atoms with Crippen molar-refractivity contribution in [1.29, 1.82) is 5.26 Å². The number of anilines is 2. The Morgan fingerprint density at radius 1 is 1.03 bits per heavy atom. The van der Waals surface area contributed by atoms with E-state index in [0.29, 0.717) is 29.3 Å². The number of pyridine rings is 1. The van der Waals surface area contributed by atoms with Crippen LogP contribution in [0.1, 0.15) is 33.3 Å². The zero-order valence-electron chi connectivity index (χ0n) is 15.7. The normalized spacial score (nSPS) is 9.93. The van der Waals surface area contributed by atoms with Gasteiger partial charge in [0.15, 0.2) is 0 Å². The topological polar surface area (TPSA) is 104 Å². The molecule has 1 aromatic heterocycles. The first-order valence-electron chi connectivity index (χ1n) is 8.91. The van der Waals surface area contributed by atoms with Gasteiger partial charge in [-0.05, 0) is 55.5 Å². The Kier molecular flexibility index (Phi) is 6.18. The molecule has 0 unspecified atom stereocenters. The van der Waals surface area contributed by atoms with Crippen molar-refractivity contribution in [2.45, 2.75) is 6.92 Å². The number of nitrogens with one attached hydrogen (secondary N) is 2. The van der Waals surface area contributed by atoms with Crippen LogP contribution in [-0.4, -0.2) is 23.4 Å². The van der Waals surface area contributed by atoms with Crippen LogP contribution in [-0.2, 0) is 0 Å². The standard InChI is InChI=1S/C22H18N4O3/c1-2-29-20-6-4-3-5-18(20)26-21(27)16-11-12-24-19(13-16)22(28)25-17-9-7-15(14-23)8-10-17/h3-13H,2H2,1H3,(H,25,28)(H,26,27). The molecule has 0 radical (unpaired) electrons. The summed E-state index contributed by atoms with van der Waals surface area (Å²) in [6, 6.07) is 18.5. The molecule has 0 aliphatic rings. The predicted octanol–water partition coefficient (Wildman–Crippen LogP) is 3.86. The SMILES string of the molecule is CCOc1ccccc1NC(=O)c1ccnc(C(=O)Nc2ccc(C#N)cc2)c1. The second kappa shape index (κ2) is 9.15. The number of hydrogen-bond donors (Lipinski definition) is 2. The van der Waals surface area contributed by atoms with Crippen LogP contribution < -0.4 is 15.4 Å². The Bertz CT molecular complexity index is 1070. The van der Waals surface area contributed by atoms with E-state index >= 15 is 0 Å². The smallest absolute Gasteiger partial charge is 0.274 e. The van der Waals surface area contributed by atoms with E-state index in [4.69, 9.17) is 10.00 Å². The van der Waals surface area contributed by atoms with E-state index in [9.17, 15) is 9.59 Å². The number of nitriles is 1. The maximum Gasteiger partial charge on any atom is 0.274 e. The molecule has 0 bridgehead atoms. The summed E-state index contributed by atoms with van der Waals surface area (Å²) in [4.78, 5) is 29.1. The van der Waals surface area contributed by atoms with Crippen molar-refractivity contribution in [3.63, 3.8) is 0 Å². The van der Waals surface area contributed by atoms with Gasteiger partial charge in [0, 0.05) is 17.4 Å². The molecule has 2 amide bonds. The number of nitrogens with zero attached hydrogens (tertiary/aromatic N) is 2. The first kappa shape index (κ1) is 19.6. The van der Waals surface area contributed by atoms with Crippen LogP contribution in [0.15, 0.2) is 66.9 Å². The highest BCUT2D eigenvalue weighted by Crippen LogP contribution is 2.24. The van der Waals surface area contributed by atoms with Crippen molar-refractivity contribution < 1.29 is 14.3 Å². The third-order valence-corrected chi connectivity index (χ3v) is 3.96. The molecule has 7 nitrogen and oxygen atoms in total. The molecule has 0 fully saturated rings. The number of amides is 2. The average molecular weight is 386 g/mol. The van der Waals surface area contributed by atoms with Gasteiger partial charge in [-0.15, -0.1) is 0 Å². The minimum absolute atomic E-state index is 0.0973. The van der Waals surface area contributed by atoms with E-state index in [1.54, 1.807) is 42.5 Å². The van der Waals surface area contributed by atoms with Crippen LogP contribution in [0.5, 0.6) is 5.75 Å². The van der Waals surface area contributed by atoms with Gasteiger partial charge in [-0.3, -0.25) is 14.6 Å². The number of carbonyl (C=O) groups is 2. The van der Waals surface area contributed by atoms with Crippen LogP contribution in [0.4, 0.5) is 11.4 Å². The third kappa shape index (κ3) is 4.96. The molecule has 3 rings (SSSR count). The summed E-state index contributed by atoms with van der Waals surface area (Å²) in [5.74, 6) is -0.276. The molecular formula is C22H18N4O3. The largest absolute Gasteiger partial charge is 0.492 e. The second-order valence-corrected chi connectivity index (χ2v) is 5.96. The molecule has 2 aromatic carbocycles. The number of ether oxygens (including phenoxy) is 1. The fraction of sp³-hybridized carbons (Fsp3) is 0.0909. The van der Waals surface area contributed by atoms with Crippen LogP contribution in [0.2, 0.25) is 0 Å². The Morgan fingerprint density at radius 3 is 2.52 bits per heavy atom. The molecule has 1 heterocycles. The van der Waals surface area contributed by atoms with Crippen molar-refractivity contribution in [2.24, 2.45) is 0 Å². The van der Waals surface area contributed by atoms with E-state index in [2.05, 4.69) is 15.6 Å². The summed E-state index contributed by atoms with van der Waals surface area (Å²) in [5.41, 5.74) is 1.94. The number of aromatic nitrogens is 1. The van der Waals surface area contributed by atoms with Gasteiger partial charge in [0.2, 0.25) is 0 Å². The molecule has 0 aliphatic carbocycles. The highest BCUT2D eigenvalue weighted by Gasteiger charge is 2.14. The van der Waals surface area contributed by atoms with Gasteiger partial charge in [0.05, 0.1) is 23.9 Å². The molecule has 144 valence electrons. The zero-order valence-corrected chi connectivity index (χ0v) is 15.7. The molecule has 0 spiro atoms. The van der Waals surface area contributed by atoms with Gasteiger partial charge in [0.25, 0.3) is 11.8 Å². The van der Waals surface area contributed by atoms with Gasteiger partial charge in [0.1, 0.15) is 11.4 Å². The van der Waals surface area contributed by atoms with Gasteiger partial charge >= 0.3 is 0 Å². The molecule has 3 aromatic rings. The molecule has 0 aliphatic heterocycles. The van der Waals surface area contributed by atoms with Crippen molar-refractivity contribution in [2.75, 3.05) is 17.2 Å². The molecule has 0 atom stereocenters. The lowest BCUT2D eigenvalue weighted by molar-refractivity contribution is 0.102. The quantitative estimate of drug-likeness (QED) is 0.669. The first-order chi connectivity index (χ1) is 14.1. The van der Waals surface area contributed by atoms with Crippen molar-refractivity contribution in [1.82, 2.24) is 4.98 Å². The Balaban J connectivity index is 1.74. The fourth-order valence-electron chi connectivity index (χ4n) is 2.56. The van der Waals surface area contributed by atoms with Gasteiger partial charge in [-0.1, -0.05) is 12.1 Å². The molecule has 2 N–H and O–H groups in total. The van der Waals surface area contributed by atoms with Crippen molar-refractivity contribution >= 4 is 23.2 Å². The second-order valence-electron chi connectivity index (χ2n) is 5.96. The van der Waals surface area contributed by atoms with Crippen molar-refractivity contribution in [3.05, 3.63) is 83.7 Å². The minimum Gasteiger partial charge on any atom is -0.492 e.